The fourth-order valence-electron chi connectivity index (χ4n) is 2.73. The lowest BCUT2D eigenvalue weighted by molar-refractivity contribution is 0.102. The molecular weight excluding hydrogens is 382 g/mol. The second-order valence-corrected chi connectivity index (χ2v) is 6.63. The number of aryl methyl sites for hydroxylation is 1. The zero-order chi connectivity index (χ0) is 21.3. The molecule has 1 aromatic heterocycles. The van der Waals surface area contributed by atoms with Crippen molar-refractivity contribution in [1.82, 2.24) is 9.97 Å². The van der Waals surface area contributed by atoms with Gasteiger partial charge in [0.15, 0.2) is 11.5 Å². The highest BCUT2D eigenvalue weighted by molar-refractivity contribution is 6.05. The van der Waals surface area contributed by atoms with Gasteiger partial charge in [0.25, 0.3) is 5.91 Å². The number of carbonyl (C=O) groups is 1. The Labute approximate surface area is 176 Å². The molecule has 0 atom stereocenters. The molecule has 0 aliphatic rings. The summed E-state index contributed by atoms with van der Waals surface area (Å²) in [5, 5.41) is 2.92. The third kappa shape index (κ3) is 5.47. The summed E-state index contributed by atoms with van der Waals surface area (Å²) < 4.78 is 16.7. The first kappa shape index (κ1) is 21.1. The Kier molecular flexibility index (Phi) is 7.21. The van der Waals surface area contributed by atoms with E-state index in [1.807, 2.05) is 13.0 Å². The molecule has 0 unspecified atom stereocenters. The highest BCUT2D eigenvalue weighted by Gasteiger charge is 2.13. The number of hydrogen-bond acceptors (Lipinski definition) is 6. The minimum Gasteiger partial charge on any atom is -0.493 e. The number of nitrogens with zero attached hydrogens (tertiary/aromatic N) is 2. The van der Waals surface area contributed by atoms with Gasteiger partial charge in [-0.1, -0.05) is 13.3 Å². The number of nitrogens with one attached hydrogen (secondary N) is 1. The van der Waals surface area contributed by atoms with Crippen LogP contribution in [0, 0.1) is 6.92 Å². The van der Waals surface area contributed by atoms with Gasteiger partial charge in [0, 0.05) is 23.6 Å². The molecule has 0 saturated heterocycles. The van der Waals surface area contributed by atoms with Gasteiger partial charge in [-0.15, -0.1) is 0 Å². The molecule has 0 spiro atoms. The Morgan fingerprint density at radius 1 is 1.07 bits per heavy atom. The number of anilines is 1. The summed E-state index contributed by atoms with van der Waals surface area (Å²) in [6.07, 6.45) is 5.22. The minimum atomic E-state index is -0.239. The fraction of sp³-hybridized carbons (Fsp3) is 0.261. The predicted octanol–water partition coefficient (Wildman–Crippen LogP) is 5.02. The summed E-state index contributed by atoms with van der Waals surface area (Å²) in [7, 11) is 1.56. The van der Waals surface area contributed by atoms with Crippen molar-refractivity contribution >= 4 is 11.6 Å². The number of amides is 1. The van der Waals surface area contributed by atoms with Gasteiger partial charge in [0.1, 0.15) is 5.75 Å². The number of carbonyl (C=O) groups excluding carboxylic acids is 1. The molecule has 1 N–H and O–H groups in total. The topological polar surface area (TPSA) is 82.6 Å². The molecule has 0 aliphatic heterocycles. The number of unbranched alkanes of at least 4 members (excludes halogenated alkanes) is 1. The van der Waals surface area contributed by atoms with Crippen LogP contribution in [0.5, 0.6) is 23.3 Å². The summed E-state index contributed by atoms with van der Waals surface area (Å²) in [6, 6.07) is 12.5. The van der Waals surface area contributed by atoms with E-state index in [-0.39, 0.29) is 11.9 Å². The van der Waals surface area contributed by atoms with Gasteiger partial charge < -0.3 is 19.5 Å². The molecule has 3 aromatic rings. The van der Waals surface area contributed by atoms with E-state index >= 15 is 0 Å². The van der Waals surface area contributed by atoms with Crippen LogP contribution < -0.4 is 19.5 Å². The van der Waals surface area contributed by atoms with E-state index in [4.69, 9.17) is 14.2 Å². The zero-order valence-electron chi connectivity index (χ0n) is 17.3. The van der Waals surface area contributed by atoms with Gasteiger partial charge >= 0.3 is 6.01 Å². The van der Waals surface area contributed by atoms with E-state index in [0.717, 1.165) is 18.4 Å². The molecule has 7 heteroatoms. The molecule has 0 saturated carbocycles. The van der Waals surface area contributed by atoms with Crippen LogP contribution in [-0.4, -0.2) is 29.6 Å². The van der Waals surface area contributed by atoms with Crippen LogP contribution in [0.25, 0.3) is 0 Å². The van der Waals surface area contributed by atoms with Crippen molar-refractivity contribution in [3.05, 3.63) is 66.0 Å². The standard InChI is InChI=1S/C23H25N3O4/c1-4-5-13-29-20-10-7-17(15-21(20)28-3)22(27)26-19-9-8-18(14-16(19)2)30-23-24-11-6-12-25-23/h6-12,14-15H,4-5,13H2,1-3H3,(H,26,27). The molecule has 30 heavy (non-hydrogen) atoms. The molecule has 0 aliphatic carbocycles. The Morgan fingerprint density at radius 2 is 1.87 bits per heavy atom. The first-order chi connectivity index (χ1) is 14.6. The van der Waals surface area contributed by atoms with Gasteiger partial charge in [-0.05, 0) is 61.4 Å². The number of hydrogen-bond donors (Lipinski definition) is 1. The van der Waals surface area contributed by atoms with Crippen molar-refractivity contribution < 1.29 is 19.0 Å². The Morgan fingerprint density at radius 3 is 2.57 bits per heavy atom. The highest BCUT2D eigenvalue weighted by atomic mass is 16.5. The van der Waals surface area contributed by atoms with E-state index in [1.54, 1.807) is 55.9 Å². The number of ether oxygens (including phenoxy) is 3. The second-order valence-electron chi connectivity index (χ2n) is 6.63. The number of rotatable bonds is 9. The lowest BCUT2D eigenvalue weighted by Gasteiger charge is -2.13. The van der Waals surface area contributed by atoms with Crippen LogP contribution in [-0.2, 0) is 0 Å². The second kappa shape index (κ2) is 10.2. The van der Waals surface area contributed by atoms with E-state index in [9.17, 15) is 4.79 Å². The summed E-state index contributed by atoms with van der Waals surface area (Å²) >= 11 is 0. The molecule has 3 rings (SSSR count). The molecule has 0 fully saturated rings. The van der Waals surface area contributed by atoms with Crippen molar-refractivity contribution in [3.8, 4) is 23.3 Å². The van der Waals surface area contributed by atoms with Crippen LogP contribution >= 0.6 is 0 Å². The SMILES string of the molecule is CCCCOc1ccc(C(=O)Nc2ccc(Oc3ncccn3)cc2C)cc1OC. The normalized spacial score (nSPS) is 10.4. The van der Waals surface area contributed by atoms with E-state index < -0.39 is 0 Å². The van der Waals surface area contributed by atoms with Crippen molar-refractivity contribution in [2.45, 2.75) is 26.7 Å². The predicted molar refractivity (Wildman–Crippen MR) is 115 cm³/mol. The zero-order valence-corrected chi connectivity index (χ0v) is 17.3. The molecule has 156 valence electrons. The third-order valence-electron chi connectivity index (χ3n) is 4.38. The first-order valence-corrected chi connectivity index (χ1v) is 9.78. The molecule has 1 amide bonds. The summed E-state index contributed by atoms with van der Waals surface area (Å²) in [4.78, 5) is 20.8. The smallest absolute Gasteiger partial charge is 0.321 e. The summed E-state index contributed by atoms with van der Waals surface area (Å²) in [5.74, 6) is 1.51. The van der Waals surface area contributed by atoms with Crippen LogP contribution in [0.15, 0.2) is 54.9 Å². The van der Waals surface area contributed by atoms with Gasteiger partial charge in [0.05, 0.1) is 13.7 Å². The maximum atomic E-state index is 12.7. The van der Waals surface area contributed by atoms with Gasteiger partial charge in [-0.3, -0.25) is 4.79 Å². The number of benzene rings is 2. The Bertz CT molecular complexity index is 993. The van der Waals surface area contributed by atoms with E-state index in [2.05, 4.69) is 22.2 Å². The van der Waals surface area contributed by atoms with Crippen molar-refractivity contribution in [3.63, 3.8) is 0 Å². The summed E-state index contributed by atoms with van der Waals surface area (Å²) in [6.45, 7) is 4.60. The van der Waals surface area contributed by atoms with Gasteiger partial charge in [0.2, 0.25) is 0 Å². The van der Waals surface area contributed by atoms with Crippen LogP contribution in [0.4, 0.5) is 5.69 Å². The quantitative estimate of drug-likeness (QED) is 0.502. The van der Waals surface area contributed by atoms with Crippen LogP contribution in [0.2, 0.25) is 0 Å². The lowest BCUT2D eigenvalue weighted by Crippen LogP contribution is -2.13. The van der Waals surface area contributed by atoms with Gasteiger partial charge in [-0.25, -0.2) is 9.97 Å². The number of methoxy groups -OCH3 is 1. The highest BCUT2D eigenvalue weighted by Crippen LogP contribution is 2.29. The molecular formula is C23H25N3O4. The van der Waals surface area contributed by atoms with Crippen molar-refractivity contribution in [2.24, 2.45) is 0 Å². The maximum absolute atomic E-state index is 12.7. The average Bonchev–Trinajstić information content (AvgIpc) is 2.76. The molecule has 2 aromatic carbocycles. The molecule has 7 nitrogen and oxygen atoms in total. The van der Waals surface area contributed by atoms with E-state index in [1.165, 1.54) is 0 Å². The molecule has 0 bridgehead atoms. The lowest BCUT2D eigenvalue weighted by atomic mass is 10.1. The largest absolute Gasteiger partial charge is 0.493 e. The Balaban J connectivity index is 1.69. The van der Waals surface area contributed by atoms with Crippen LogP contribution in [0.3, 0.4) is 0 Å². The van der Waals surface area contributed by atoms with Crippen molar-refractivity contribution in [1.29, 1.82) is 0 Å². The first-order valence-electron chi connectivity index (χ1n) is 9.78. The van der Waals surface area contributed by atoms with Crippen LogP contribution in [0.1, 0.15) is 35.7 Å². The fourth-order valence-corrected chi connectivity index (χ4v) is 2.73. The minimum absolute atomic E-state index is 0.239. The monoisotopic (exact) mass is 407 g/mol. The number of aromatic nitrogens is 2. The van der Waals surface area contributed by atoms with E-state index in [0.29, 0.717) is 35.1 Å². The average molecular weight is 407 g/mol. The Hall–Kier alpha value is -3.61. The molecule has 0 radical (unpaired) electrons. The maximum Gasteiger partial charge on any atom is 0.321 e. The molecule has 1 heterocycles. The van der Waals surface area contributed by atoms with Crippen molar-refractivity contribution in [2.75, 3.05) is 19.0 Å². The van der Waals surface area contributed by atoms with Gasteiger partial charge in [-0.2, -0.15) is 0 Å². The summed E-state index contributed by atoms with van der Waals surface area (Å²) in [5.41, 5.74) is 2.01. The third-order valence-corrected chi connectivity index (χ3v) is 4.38.